The van der Waals surface area contributed by atoms with Gasteiger partial charge in [-0.3, -0.25) is 0 Å². The maximum Gasteiger partial charge on any atom is 0.350 e. The lowest BCUT2D eigenvalue weighted by atomic mass is 9.91. The number of hydrogen-bond acceptors (Lipinski definition) is 6. The zero-order valence-corrected chi connectivity index (χ0v) is 27.5. The maximum atomic E-state index is 4.73. The first kappa shape index (κ1) is 29.9. The summed E-state index contributed by atoms with van der Waals surface area (Å²) in [6.07, 6.45) is 19.2. The van der Waals surface area contributed by atoms with Crippen LogP contribution in [0.3, 0.4) is 0 Å². The van der Waals surface area contributed by atoms with Crippen LogP contribution in [-0.4, -0.2) is 26.2 Å². The van der Waals surface area contributed by atoms with Crippen molar-refractivity contribution in [3.63, 3.8) is 0 Å². The molecule has 0 radical (unpaired) electrons. The summed E-state index contributed by atoms with van der Waals surface area (Å²) in [7, 11) is 0. The number of pyridine rings is 2. The molecule has 6 heterocycles. The fourth-order valence-corrected chi connectivity index (χ4v) is 8.12. The molecule has 8 heteroatoms. The van der Waals surface area contributed by atoms with Crippen molar-refractivity contribution < 1.29 is 9.13 Å². The van der Waals surface area contributed by atoms with Gasteiger partial charge in [-0.2, -0.15) is 5.11 Å². The Hall–Kier alpha value is -4.46. The van der Waals surface area contributed by atoms with E-state index in [9.17, 15) is 0 Å². The van der Waals surface area contributed by atoms with Crippen molar-refractivity contribution in [1.82, 2.24) is 0 Å². The van der Waals surface area contributed by atoms with Gasteiger partial charge in [0.15, 0.2) is 12.4 Å². The van der Waals surface area contributed by atoms with Crippen LogP contribution >= 0.6 is 0 Å². The molecule has 0 unspecified atom stereocenters. The molecule has 2 aromatic carbocycles. The number of anilines is 2. The molecule has 0 amide bonds. The first-order valence-electron chi connectivity index (χ1n) is 17.9. The largest absolute Gasteiger partial charge is 0.371 e. The molecule has 0 fully saturated rings. The van der Waals surface area contributed by atoms with Crippen LogP contribution in [0.2, 0.25) is 0 Å². The molecule has 0 saturated heterocycles. The summed E-state index contributed by atoms with van der Waals surface area (Å²) in [5.41, 5.74) is 11.6. The van der Waals surface area contributed by atoms with Crippen LogP contribution in [0, 0.1) is 0 Å². The summed E-state index contributed by atoms with van der Waals surface area (Å²) < 4.78 is 4.47. The van der Waals surface area contributed by atoms with Gasteiger partial charge in [0.2, 0.25) is 0 Å². The van der Waals surface area contributed by atoms with E-state index in [0.717, 1.165) is 80.9 Å². The molecule has 0 saturated carbocycles. The minimum Gasteiger partial charge on any atom is -0.371 e. The molecule has 0 atom stereocenters. The van der Waals surface area contributed by atoms with Gasteiger partial charge in [-0.1, -0.05) is 6.07 Å². The SMILES string of the molecule is c1cc[n+](CCCCC[n+]2cccc(N=Nc3cc4c5c(c3)CCCN5CCC4)c2)c(N=Nc2cc3c4c(c2)CCCN4CCC3)c1. The van der Waals surface area contributed by atoms with E-state index in [-0.39, 0.29) is 0 Å². The van der Waals surface area contributed by atoms with Gasteiger partial charge < -0.3 is 9.80 Å². The van der Waals surface area contributed by atoms with E-state index >= 15 is 0 Å². The second-order valence-electron chi connectivity index (χ2n) is 13.6. The van der Waals surface area contributed by atoms with E-state index < -0.39 is 0 Å². The van der Waals surface area contributed by atoms with Gasteiger partial charge in [0.25, 0.3) is 0 Å². The van der Waals surface area contributed by atoms with Crippen LogP contribution in [0.15, 0.2) is 93.6 Å². The molecule has 8 rings (SSSR count). The van der Waals surface area contributed by atoms with Crippen molar-refractivity contribution in [2.75, 3.05) is 36.0 Å². The Balaban J connectivity index is 0.852. The van der Waals surface area contributed by atoms with Crippen LogP contribution in [0.1, 0.15) is 67.2 Å². The molecule has 0 spiro atoms. The molecular formula is C39H46N8+2. The molecule has 4 aliphatic rings. The number of benzene rings is 2. The lowest BCUT2D eigenvalue weighted by Gasteiger charge is -2.36. The predicted octanol–water partition coefficient (Wildman–Crippen LogP) is 8.36. The monoisotopic (exact) mass is 626 g/mol. The molecule has 8 nitrogen and oxygen atoms in total. The molecule has 240 valence electrons. The van der Waals surface area contributed by atoms with Crippen LogP contribution < -0.4 is 18.9 Å². The molecule has 0 N–H and O–H groups in total. The summed E-state index contributed by atoms with van der Waals surface area (Å²) in [4.78, 5) is 5.14. The summed E-state index contributed by atoms with van der Waals surface area (Å²) in [5.74, 6) is 0.911. The third kappa shape index (κ3) is 6.69. The first-order valence-corrected chi connectivity index (χ1v) is 17.9. The topological polar surface area (TPSA) is 63.7 Å². The van der Waals surface area contributed by atoms with Crippen molar-refractivity contribution in [3.05, 3.63) is 95.4 Å². The Labute approximate surface area is 278 Å². The fourth-order valence-electron chi connectivity index (χ4n) is 8.12. The first-order chi connectivity index (χ1) is 23.3. The average Bonchev–Trinajstić information content (AvgIpc) is 3.11. The van der Waals surface area contributed by atoms with Gasteiger partial charge in [0.05, 0.1) is 23.5 Å². The minimum atomic E-state index is 0.899. The van der Waals surface area contributed by atoms with Crippen LogP contribution in [0.4, 0.5) is 34.3 Å². The molecule has 4 aromatic rings. The second-order valence-corrected chi connectivity index (χ2v) is 13.6. The Morgan fingerprint density at radius 3 is 1.70 bits per heavy atom. The molecule has 0 bridgehead atoms. The number of nitrogens with zero attached hydrogens (tertiary/aromatic N) is 8. The van der Waals surface area contributed by atoms with Crippen molar-refractivity contribution in [2.24, 2.45) is 20.5 Å². The summed E-state index contributed by atoms with van der Waals surface area (Å²) >= 11 is 0. The Morgan fingerprint density at radius 1 is 0.532 bits per heavy atom. The van der Waals surface area contributed by atoms with E-state index in [0.29, 0.717) is 0 Å². The Bertz CT molecular complexity index is 1750. The third-order valence-corrected chi connectivity index (χ3v) is 10.3. The lowest BCUT2D eigenvalue weighted by Crippen LogP contribution is -2.34. The van der Waals surface area contributed by atoms with Crippen molar-refractivity contribution in [3.8, 4) is 0 Å². The summed E-state index contributed by atoms with van der Waals surface area (Å²) in [6, 6.07) is 19.4. The minimum absolute atomic E-state index is 0.899. The number of rotatable bonds is 10. The van der Waals surface area contributed by atoms with E-state index in [1.807, 2.05) is 6.07 Å². The highest BCUT2D eigenvalue weighted by Crippen LogP contribution is 2.39. The van der Waals surface area contributed by atoms with E-state index in [1.54, 1.807) is 0 Å². The number of aryl methyl sites for hydroxylation is 6. The highest BCUT2D eigenvalue weighted by molar-refractivity contribution is 5.68. The summed E-state index contributed by atoms with van der Waals surface area (Å²) in [6.45, 7) is 6.67. The van der Waals surface area contributed by atoms with Gasteiger partial charge >= 0.3 is 5.82 Å². The number of aromatic nitrogens is 2. The summed E-state index contributed by atoms with van der Waals surface area (Å²) in [5, 5.41) is 18.8. The average molecular weight is 627 g/mol. The van der Waals surface area contributed by atoms with Gasteiger partial charge in [0, 0.05) is 56.1 Å². The Morgan fingerprint density at radius 2 is 1.09 bits per heavy atom. The Kier molecular flexibility index (Phi) is 8.73. The van der Waals surface area contributed by atoms with Gasteiger partial charge in [0.1, 0.15) is 17.9 Å². The van der Waals surface area contributed by atoms with Crippen LogP contribution in [0.25, 0.3) is 0 Å². The van der Waals surface area contributed by atoms with E-state index in [4.69, 9.17) is 10.2 Å². The van der Waals surface area contributed by atoms with Crippen LogP contribution in [-0.2, 0) is 38.8 Å². The maximum absolute atomic E-state index is 4.73. The van der Waals surface area contributed by atoms with E-state index in [2.05, 4.69) is 96.3 Å². The molecule has 0 aliphatic carbocycles. The van der Waals surface area contributed by atoms with Crippen molar-refractivity contribution in [1.29, 1.82) is 0 Å². The highest BCUT2D eigenvalue weighted by Gasteiger charge is 2.26. The van der Waals surface area contributed by atoms with Gasteiger partial charge in [-0.25, -0.2) is 9.13 Å². The van der Waals surface area contributed by atoms with E-state index in [1.165, 1.54) is 85.5 Å². The smallest absolute Gasteiger partial charge is 0.350 e. The highest BCUT2D eigenvalue weighted by atomic mass is 15.2. The number of azo groups is 2. The van der Waals surface area contributed by atoms with Crippen molar-refractivity contribution in [2.45, 2.75) is 83.7 Å². The standard InChI is InChI=1S/C39H46N8/c1(3-17-44-18-10-15-34(29-44)40-41-35-25-30-11-6-21-46-22-7-12-31(26-35)38(30)46)4-19-45-20-5-2-16-37(45)43-42-36-27-32-13-8-23-47-24-9-14-33(28-36)39(32)47/h2,5,10,15-16,18,20,25-29H,1,3-4,6-9,11-14,17,19,21-24H2/q+2. The molecule has 47 heavy (non-hydrogen) atoms. The van der Waals surface area contributed by atoms with Crippen LogP contribution in [0.5, 0.6) is 0 Å². The molecule has 2 aromatic heterocycles. The normalized spacial score (nSPS) is 16.9. The quantitative estimate of drug-likeness (QED) is 0.101. The zero-order valence-electron chi connectivity index (χ0n) is 27.5. The zero-order chi connectivity index (χ0) is 31.4. The fraction of sp³-hybridized carbons (Fsp3) is 0.436. The lowest BCUT2D eigenvalue weighted by molar-refractivity contribution is -0.697. The molecular weight excluding hydrogens is 580 g/mol. The van der Waals surface area contributed by atoms with Gasteiger partial charge in [-0.15, -0.1) is 5.11 Å². The third-order valence-electron chi connectivity index (χ3n) is 10.3. The second kappa shape index (κ2) is 13.7. The predicted molar refractivity (Wildman–Crippen MR) is 186 cm³/mol. The molecule has 4 aliphatic heterocycles. The number of unbranched alkanes of at least 4 members (excludes halogenated alkanes) is 2. The van der Waals surface area contributed by atoms with Gasteiger partial charge in [-0.05, 0) is 128 Å². The number of hydrogen-bond donors (Lipinski definition) is 0. The van der Waals surface area contributed by atoms with Crippen molar-refractivity contribution >= 4 is 34.3 Å².